The van der Waals surface area contributed by atoms with E-state index in [0.29, 0.717) is 0 Å². The first-order valence-electron chi connectivity index (χ1n) is 4.06. The highest BCUT2D eigenvalue weighted by Crippen LogP contribution is 2.26. The molecule has 1 atom stereocenters. The number of hydrogen-bond acceptors (Lipinski definition) is 2. The Hall–Kier alpha value is -1.77. The molecule has 0 N–H and O–H groups in total. The molecule has 0 spiro atoms. The van der Waals surface area contributed by atoms with Crippen LogP contribution in [0.2, 0.25) is 0 Å². The number of alkyl halides is 3. The quantitative estimate of drug-likeness (QED) is 0.752. The minimum atomic E-state index is -4.54. The van der Waals surface area contributed by atoms with Gasteiger partial charge in [0.25, 0.3) is 0 Å². The van der Waals surface area contributed by atoms with E-state index in [4.69, 9.17) is 5.26 Å². The van der Waals surface area contributed by atoms with Crippen LogP contribution in [-0.2, 0) is 6.54 Å². The Morgan fingerprint density at radius 1 is 1.40 bits per heavy atom. The Kier molecular flexibility index (Phi) is 3.14. The minimum absolute atomic E-state index is 0.285. The SMILES string of the molecule is N#CC(Cn1ccc(=O)cc1)C(F)(F)F. The van der Waals surface area contributed by atoms with E-state index >= 15 is 0 Å². The zero-order valence-electron chi connectivity index (χ0n) is 7.53. The number of hydrogen-bond donors (Lipinski definition) is 0. The van der Waals surface area contributed by atoms with Gasteiger partial charge in [-0.1, -0.05) is 0 Å². The van der Waals surface area contributed by atoms with E-state index in [-0.39, 0.29) is 5.43 Å². The third kappa shape index (κ3) is 3.13. The maximum absolute atomic E-state index is 12.2. The maximum atomic E-state index is 12.2. The van der Waals surface area contributed by atoms with Crippen LogP contribution in [0.4, 0.5) is 13.2 Å². The van der Waals surface area contributed by atoms with E-state index in [1.54, 1.807) is 0 Å². The number of pyridine rings is 1. The lowest BCUT2D eigenvalue weighted by molar-refractivity contribution is -0.162. The van der Waals surface area contributed by atoms with Crippen LogP contribution in [-0.4, -0.2) is 10.7 Å². The molecular weight excluding hydrogens is 209 g/mol. The van der Waals surface area contributed by atoms with Crippen LogP contribution in [0.5, 0.6) is 0 Å². The molecule has 0 saturated carbocycles. The summed E-state index contributed by atoms with van der Waals surface area (Å²) < 4.78 is 37.7. The van der Waals surface area contributed by atoms with Gasteiger partial charge in [-0.05, 0) is 0 Å². The number of nitriles is 1. The number of nitrogens with zero attached hydrogens (tertiary/aromatic N) is 2. The predicted molar refractivity (Wildman–Crippen MR) is 45.9 cm³/mol. The van der Waals surface area contributed by atoms with Gasteiger partial charge in [-0.15, -0.1) is 0 Å². The monoisotopic (exact) mass is 216 g/mol. The van der Waals surface area contributed by atoms with Crippen LogP contribution < -0.4 is 5.43 Å². The van der Waals surface area contributed by atoms with E-state index in [9.17, 15) is 18.0 Å². The van der Waals surface area contributed by atoms with Crippen LogP contribution in [0.1, 0.15) is 0 Å². The van der Waals surface area contributed by atoms with E-state index < -0.39 is 18.6 Å². The van der Waals surface area contributed by atoms with Gasteiger partial charge in [0, 0.05) is 31.1 Å². The standard InChI is InChI=1S/C9H7F3N2O/c10-9(11,12)7(5-13)6-14-3-1-8(15)2-4-14/h1-4,7H,6H2. The Morgan fingerprint density at radius 3 is 2.33 bits per heavy atom. The molecule has 0 aliphatic rings. The van der Waals surface area contributed by atoms with E-state index in [0.717, 1.165) is 16.7 Å². The molecule has 15 heavy (non-hydrogen) atoms. The first-order chi connectivity index (χ1) is 6.93. The van der Waals surface area contributed by atoms with Gasteiger partial charge in [0.1, 0.15) is 0 Å². The molecule has 1 heterocycles. The summed E-state index contributed by atoms with van der Waals surface area (Å²) >= 11 is 0. The second-order valence-corrected chi connectivity index (χ2v) is 2.95. The summed E-state index contributed by atoms with van der Waals surface area (Å²) in [5.41, 5.74) is -0.285. The molecule has 80 valence electrons. The lowest BCUT2D eigenvalue weighted by Gasteiger charge is -2.14. The van der Waals surface area contributed by atoms with Gasteiger partial charge in [-0.2, -0.15) is 18.4 Å². The topological polar surface area (TPSA) is 45.8 Å². The van der Waals surface area contributed by atoms with Crippen molar-refractivity contribution in [3.8, 4) is 6.07 Å². The van der Waals surface area contributed by atoms with Gasteiger partial charge in [-0.25, -0.2) is 0 Å². The first kappa shape index (κ1) is 11.3. The number of aromatic nitrogens is 1. The van der Waals surface area contributed by atoms with Crippen molar-refractivity contribution < 1.29 is 13.2 Å². The zero-order chi connectivity index (χ0) is 11.5. The first-order valence-corrected chi connectivity index (χ1v) is 4.06. The third-order valence-electron chi connectivity index (χ3n) is 1.80. The highest BCUT2D eigenvalue weighted by molar-refractivity contribution is 4.96. The lowest BCUT2D eigenvalue weighted by Crippen LogP contribution is -2.26. The average Bonchev–Trinajstić information content (AvgIpc) is 2.15. The van der Waals surface area contributed by atoms with Gasteiger partial charge in [-0.3, -0.25) is 4.79 Å². The molecule has 0 saturated heterocycles. The molecule has 0 radical (unpaired) electrons. The molecule has 0 fully saturated rings. The van der Waals surface area contributed by atoms with Crippen LogP contribution >= 0.6 is 0 Å². The molecule has 1 unspecified atom stereocenters. The normalized spacial score (nSPS) is 13.2. The Balaban J connectivity index is 2.82. The smallest absolute Gasteiger partial charge is 0.352 e. The van der Waals surface area contributed by atoms with Gasteiger partial charge in [0.15, 0.2) is 11.3 Å². The fourth-order valence-corrected chi connectivity index (χ4v) is 0.994. The Morgan fingerprint density at radius 2 is 1.93 bits per heavy atom. The van der Waals surface area contributed by atoms with E-state index in [1.165, 1.54) is 18.5 Å². The highest BCUT2D eigenvalue weighted by Gasteiger charge is 2.39. The summed E-state index contributed by atoms with van der Waals surface area (Å²) in [4.78, 5) is 10.7. The summed E-state index contributed by atoms with van der Waals surface area (Å²) in [6.45, 7) is -0.500. The highest BCUT2D eigenvalue weighted by atomic mass is 19.4. The summed E-state index contributed by atoms with van der Waals surface area (Å²) in [6, 6.07) is 3.47. The van der Waals surface area contributed by atoms with Gasteiger partial charge >= 0.3 is 6.18 Å². The van der Waals surface area contributed by atoms with Crippen molar-refractivity contribution in [1.29, 1.82) is 5.26 Å². The zero-order valence-corrected chi connectivity index (χ0v) is 7.53. The molecule has 0 aliphatic carbocycles. The molecule has 3 nitrogen and oxygen atoms in total. The summed E-state index contributed by atoms with van der Waals surface area (Å²) in [7, 11) is 0. The molecule has 1 aromatic heterocycles. The van der Waals surface area contributed by atoms with Crippen LogP contribution in [0.15, 0.2) is 29.3 Å². The van der Waals surface area contributed by atoms with Gasteiger partial charge < -0.3 is 4.57 Å². The van der Waals surface area contributed by atoms with Crippen molar-refractivity contribution >= 4 is 0 Å². The Labute approximate surface area is 83.4 Å². The van der Waals surface area contributed by atoms with Crippen molar-refractivity contribution in [2.75, 3.05) is 0 Å². The fraction of sp³-hybridized carbons (Fsp3) is 0.333. The molecule has 6 heteroatoms. The number of halogens is 3. The molecule has 0 amide bonds. The van der Waals surface area contributed by atoms with E-state index in [2.05, 4.69) is 0 Å². The summed E-state index contributed by atoms with van der Waals surface area (Å²) in [5, 5.41) is 8.33. The molecule has 0 aromatic carbocycles. The average molecular weight is 216 g/mol. The predicted octanol–water partition coefficient (Wildman–Crippen LogP) is 1.55. The van der Waals surface area contributed by atoms with Crippen LogP contribution in [0, 0.1) is 17.2 Å². The maximum Gasteiger partial charge on any atom is 0.406 e. The van der Waals surface area contributed by atoms with E-state index in [1.807, 2.05) is 0 Å². The van der Waals surface area contributed by atoms with Crippen LogP contribution in [0.3, 0.4) is 0 Å². The minimum Gasteiger partial charge on any atom is -0.352 e. The fourth-order valence-electron chi connectivity index (χ4n) is 0.994. The van der Waals surface area contributed by atoms with Crippen molar-refractivity contribution in [2.45, 2.75) is 12.7 Å². The van der Waals surface area contributed by atoms with Crippen molar-refractivity contribution in [1.82, 2.24) is 4.57 Å². The molecule has 1 aromatic rings. The lowest BCUT2D eigenvalue weighted by atomic mass is 10.1. The number of rotatable bonds is 2. The van der Waals surface area contributed by atoms with Crippen molar-refractivity contribution in [3.05, 3.63) is 34.7 Å². The van der Waals surface area contributed by atoms with Gasteiger partial charge in [0.2, 0.25) is 0 Å². The van der Waals surface area contributed by atoms with Crippen molar-refractivity contribution in [3.63, 3.8) is 0 Å². The second-order valence-electron chi connectivity index (χ2n) is 2.95. The molecule has 0 bridgehead atoms. The van der Waals surface area contributed by atoms with Crippen LogP contribution in [0.25, 0.3) is 0 Å². The van der Waals surface area contributed by atoms with Crippen molar-refractivity contribution in [2.24, 2.45) is 5.92 Å². The molecule has 1 rings (SSSR count). The molecular formula is C9H7F3N2O. The third-order valence-corrected chi connectivity index (χ3v) is 1.80. The second kappa shape index (κ2) is 4.17. The Bertz CT molecular complexity index is 410. The van der Waals surface area contributed by atoms with Gasteiger partial charge in [0.05, 0.1) is 6.07 Å². The summed E-state index contributed by atoms with van der Waals surface area (Å²) in [5.74, 6) is -2.06. The molecule has 0 aliphatic heterocycles. The largest absolute Gasteiger partial charge is 0.406 e. The summed E-state index contributed by atoms with van der Waals surface area (Å²) in [6.07, 6.45) is -2.10.